The maximum Gasteiger partial charge on any atom is 0.326 e. The van der Waals surface area contributed by atoms with Crippen LogP contribution in [0.2, 0.25) is 0 Å². The molecule has 4 atom stereocenters. The molecule has 6 heteroatoms. The van der Waals surface area contributed by atoms with Crippen LogP contribution < -0.4 is 10.6 Å². The van der Waals surface area contributed by atoms with Gasteiger partial charge < -0.3 is 20.8 Å². The van der Waals surface area contributed by atoms with Crippen molar-refractivity contribution in [2.75, 3.05) is 0 Å². The van der Waals surface area contributed by atoms with Gasteiger partial charge in [0.05, 0.1) is 12.1 Å². The van der Waals surface area contributed by atoms with Crippen molar-refractivity contribution in [3.05, 3.63) is 0 Å². The summed E-state index contributed by atoms with van der Waals surface area (Å²) in [7, 11) is 0. The van der Waals surface area contributed by atoms with E-state index in [0.29, 0.717) is 12.8 Å². The number of aliphatic hydroxyl groups excluding tert-OH is 1. The minimum atomic E-state index is -1.03. The standard InChI is InChI=1S/C14H26N2O4/c1-3-9(2)12(13(18)19)16-14(20)15-10-7-5-4-6-8-11(10)17/h9-12,17H,3-8H2,1-2H3,(H,18,19)(H2,15,16,20)/t9-,10?,11?,12-/m0/s1. The Hall–Kier alpha value is -1.30. The number of hydrogen-bond acceptors (Lipinski definition) is 3. The van der Waals surface area contributed by atoms with Crippen LogP contribution >= 0.6 is 0 Å². The number of hydrogen-bond donors (Lipinski definition) is 4. The lowest BCUT2D eigenvalue weighted by atomic mass is 9.99. The molecule has 0 heterocycles. The van der Waals surface area contributed by atoms with Crippen LogP contribution in [0.4, 0.5) is 4.79 Å². The van der Waals surface area contributed by atoms with E-state index in [1.54, 1.807) is 6.92 Å². The molecule has 4 N–H and O–H groups in total. The third-order valence-electron chi connectivity index (χ3n) is 4.06. The van der Waals surface area contributed by atoms with Gasteiger partial charge in [-0.25, -0.2) is 9.59 Å². The zero-order chi connectivity index (χ0) is 15.1. The first-order chi connectivity index (χ1) is 9.45. The van der Waals surface area contributed by atoms with E-state index in [9.17, 15) is 14.7 Å². The van der Waals surface area contributed by atoms with Gasteiger partial charge in [0.15, 0.2) is 0 Å². The van der Waals surface area contributed by atoms with Crippen LogP contribution in [0, 0.1) is 5.92 Å². The fourth-order valence-electron chi connectivity index (χ4n) is 2.49. The molecule has 0 aromatic heterocycles. The van der Waals surface area contributed by atoms with Crippen molar-refractivity contribution in [2.45, 2.75) is 70.6 Å². The molecule has 0 aromatic rings. The fourth-order valence-corrected chi connectivity index (χ4v) is 2.49. The number of nitrogens with one attached hydrogen (secondary N) is 2. The first-order valence-corrected chi connectivity index (χ1v) is 7.43. The molecular weight excluding hydrogens is 260 g/mol. The Kier molecular flexibility index (Phi) is 6.78. The molecule has 0 aromatic carbocycles. The van der Waals surface area contributed by atoms with Gasteiger partial charge in [-0.3, -0.25) is 0 Å². The average Bonchev–Trinajstić information content (AvgIpc) is 2.60. The first-order valence-electron chi connectivity index (χ1n) is 7.43. The Bertz CT molecular complexity index is 335. The highest BCUT2D eigenvalue weighted by Gasteiger charge is 2.28. The second kappa shape index (κ2) is 8.09. The largest absolute Gasteiger partial charge is 0.480 e. The average molecular weight is 286 g/mol. The summed E-state index contributed by atoms with van der Waals surface area (Å²) in [5, 5.41) is 24.3. The predicted molar refractivity (Wildman–Crippen MR) is 75.4 cm³/mol. The molecule has 116 valence electrons. The zero-order valence-corrected chi connectivity index (χ0v) is 12.3. The SMILES string of the molecule is CC[C@H](C)[C@H](NC(=O)NC1CCCCCC1O)C(=O)O. The number of urea groups is 1. The highest BCUT2D eigenvalue weighted by Crippen LogP contribution is 2.18. The molecule has 2 amide bonds. The summed E-state index contributed by atoms with van der Waals surface area (Å²) in [4.78, 5) is 23.1. The quantitative estimate of drug-likeness (QED) is 0.575. The summed E-state index contributed by atoms with van der Waals surface area (Å²) < 4.78 is 0. The molecule has 1 aliphatic carbocycles. The topological polar surface area (TPSA) is 98.7 Å². The highest BCUT2D eigenvalue weighted by molar-refractivity contribution is 5.82. The monoisotopic (exact) mass is 286 g/mol. The van der Waals surface area contributed by atoms with Crippen molar-refractivity contribution in [1.29, 1.82) is 0 Å². The van der Waals surface area contributed by atoms with Crippen molar-refractivity contribution in [1.82, 2.24) is 10.6 Å². The summed E-state index contributed by atoms with van der Waals surface area (Å²) in [5.41, 5.74) is 0. The molecule has 0 bridgehead atoms. The maximum absolute atomic E-state index is 11.9. The van der Waals surface area contributed by atoms with Crippen LogP contribution in [-0.4, -0.2) is 40.4 Å². The van der Waals surface area contributed by atoms with E-state index in [-0.39, 0.29) is 12.0 Å². The van der Waals surface area contributed by atoms with Gasteiger partial charge in [0.2, 0.25) is 0 Å². The van der Waals surface area contributed by atoms with Crippen molar-refractivity contribution in [3.63, 3.8) is 0 Å². The normalized spacial score (nSPS) is 26.1. The van der Waals surface area contributed by atoms with Gasteiger partial charge in [-0.2, -0.15) is 0 Å². The second-order valence-corrected chi connectivity index (χ2v) is 5.63. The lowest BCUT2D eigenvalue weighted by Gasteiger charge is -2.25. The number of aliphatic hydroxyl groups is 1. The number of carboxylic acid groups (broad SMARTS) is 1. The number of carboxylic acids is 1. The third kappa shape index (κ3) is 5.00. The van der Waals surface area contributed by atoms with Crippen molar-refractivity contribution in [2.24, 2.45) is 5.92 Å². The first kappa shape index (κ1) is 16.8. The molecule has 0 aliphatic heterocycles. The van der Waals surface area contributed by atoms with Crippen LogP contribution in [0.3, 0.4) is 0 Å². The van der Waals surface area contributed by atoms with Gasteiger partial charge in [-0.05, 0) is 18.8 Å². The zero-order valence-electron chi connectivity index (χ0n) is 12.3. The molecule has 6 nitrogen and oxygen atoms in total. The molecule has 0 spiro atoms. The lowest BCUT2D eigenvalue weighted by molar-refractivity contribution is -0.140. The van der Waals surface area contributed by atoms with E-state index >= 15 is 0 Å². The summed E-state index contributed by atoms with van der Waals surface area (Å²) in [6.45, 7) is 3.68. The van der Waals surface area contributed by atoms with Crippen LogP contribution in [-0.2, 0) is 4.79 Å². The summed E-state index contributed by atoms with van der Waals surface area (Å²) in [6.07, 6.45) is 4.52. The highest BCUT2D eigenvalue weighted by atomic mass is 16.4. The molecule has 1 aliphatic rings. The molecule has 1 saturated carbocycles. The molecular formula is C14H26N2O4. The Labute approximate surface area is 119 Å². The van der Waals surface area contributed by atoms with Crippen LogP contribution in [0.1, 0.15) is 52.4 Å². The smallest absolute Gasteiger partial charge is 0.326 e. The van der Waals surface area contributed by atoms with Crippen LogP contribution in [0.5, 0.6) is 0 Å². The predicted octanol–water partition coefficient (Wildman–Crippen LogP) is 1.48. The van der Waals surface area contributed by atoms with E-state index in [1.807, 2.05) is 6.92 Å². The van der Waals surface area contributed by atoms with E-state index in [0.717, 1.165) is 25.7 Å². The van der Waals surface area contributed by atoms with Crippen molar-refractivity contribution < 1.29 is 19.8 Å². The molecule has 20 heavy (non-hydrogen) atoms. The van der Waals surface area contributed by atoms with Gasteiger partial charge >= 0.3 is 12.0 Å². The van der Waals surface area contributed by atoms with Crippen LogP contribution in [0.15, 0.2) is 0 Å². The van der Waals surface area contributed by atoms with Gasteiger partial charge in [0, 0.05) is 0 Å². The van der Waals surface area contributed by atoms with E-state index < -0.39 is 24.1 Å². The minimum Gasteiger partial charge on any atom is -0.480 e. The number of carbonyl (C=O) groups excluding carboxylic acids is 1. The molecule has 2 unspecified atom stereocenters. The molecule has 1 rings (SSSR count). The minimum absolute atomic E-state index is 0.141. The maximum atomic E-state index is 11.9. The number of aliphatic carboxylic acids is 1. The number of carbonyl (C=O) groups is 2. The summed E-state index contributed by atoms with van der Waals surface area (Å²) in [6, 6.07) is -1.70. The second-order valence-electron chi connectivity index (χ2n) is 5.63. The van der Waals surface area contributed by atoms with Crippen molar-refractivity contribution >= 4 is 12.0 Å². The summed E-state index contributed by atoms with van der Waals surface area (Å²) >= 11 is 0. The Morgan fingerprint density at radius 2 is 1.90 bits per heavy atom. The van der Waals surface area contributed by atoms with Crippen LogP contribution in [0.25, 0.3) is 0 Å². The van der Waals surface area contributed by atoms with Gasteiger partial charge in [0.1, 0.15) is 6.04 Å². The molecule has 1 fully saturated rings. The Balaban J connectivity index is 2.54. The van der Waals surface area contributed by atoms with E-state index in [1.165, 1.54) is 0 Å². The van der Waals surface area contributed by atoms with E-state index in [4.69, 9.17) is 5.11 Å². The Morgan fingerprint density at radius 1 is 1.25 bits per heavy atom. The van der Waals surface area contributed by atoms with Gasteiger partial charge in [0.25, 0.3) is 0 Å². The molecule has 0 saturated heterocycles. The lowest BCUT2D eigenvalue weighted by Crippen LogP contribution is -2.53. The third-order valence-corrected chi connectivity index (χ3v) is 4.06. The van der Waals surface area contributed by atoms with E-state index in [2.05, 4.69) is 10.6 Å². The van der Waals surface area contributed by atoms with Crippen molar-refractivity contribution in [3.8, 4) is 0 Å². The number of rotatable bonds is 5. The molecule has 0 radical (unpaired) electrons. The fraction of sp³-hybridized carbons (Fsp3) is 0.857. The Morgan fingerprint density at radius 3 is 2.50 bits per heavy atom. The summed E-state index contributed by atoms with van der Waals surface area (Å²) in [5.74, 6) is -1.17. The van der Waals surface area contributed by atoms with Gasteiger partial charge in [-0.15, -0.1) is 0 Å². The van der Waals surface area contributed by atoms with Gasteiger partial charge in [-0.1, -0.05) is 39.5 Å². The number of amides is 2.